The zero-order valence-electron chi connectivity index (χ0n) is 5.39. The van der Waals surface area contributed by atoms with Crippen LogP contribution in [0.25, 0.3) is 0 Å². The minimum absolute atomic E-state index is 0.545. The zero-order chi connectivity index (χ0) is 7.56. The van der Waals surface area contributed by atoms with Gasteiger partial charge in [0.1, 0.15) is 4.64 Å². The van der Waals surface area contributed by atoms with Gasteiger partial charge in [-0.15, -0.1) is 0 Å². The molecular formula is C5H7N3S2. The molecule has 0 fully saturated rings. The Morgan fingerprint density at radius 1 is 1.50 bits per heavy atom. The summed E-state index contributed by atoms with van der Waals surface area (Å²) in [5, 5.41) is 2.91. The fourth-order valence-electron chi connectivity index (χ4n) is 0.595. The smallest absolute Gasteiger partial charge is 0.175 e. The highest BCUT2D eigenvalue weighted by molar-refractivity contribution is 7.72. The molecule has 0 spiro atoms. The summed E-state index contributed by atoms with van der Waals surface area (Å²) in [5.74, 6) is 0. The Labute approximate surface area is 68.5 Å². The predicted octanol–water partition coefficient (Wildman–Crippen LogP) is 1.84. The Balaban J connectivity index is 3.34. The Bertz CT molecular complexity index is 324. The van der Waals surface area contributed by atoms with Gasteiger partial charge in [0, 0.05) is 13.2 Å². The molecule has 0 saturated heterocycles. The second-order valence-electron chi connectivity index (χ2n) is 1.74. The van der Waals surface area contributed by atoms with Crippen LogP contribution in [0.3, 0.4) is 0 Å². The van der Waals surface area contributed by atoms with E-state index in [1.807, 2.05) is 0 Å². The monoisotopic (exact) mass is 173 g/mol. The van der Waals surface area contributed by atoms with Crippen LogP contribution < -0.4 is 5.32 Å². The molecule has 1 aromatic heterocycles. The number of rotatable bonds is 1. The van der Waals surface area contributed by atoms with E-state index >= 15 is 0 Å². The molecule has 0 aliphatic carbocycles. The summed E-state index contributed by atoms with van der Waals surface area (Å²) in [6.07, 6.45) is 1.74. The quantitative estimate of drug-likeness (QED) is 0.568. The molecule has 0 aliphatic rings. The molecular weight excluding hydrogens is 166 g/mol. The number of nitrogens with one attached hydrogen (secondary N) is 3. The number of aromatic amines is 2. The summed E-state index contributed by atoms with van der Waals surface area (Å²) in [7, 11) is 1.80. The topological polar surface area (TPSA) is 43.6 Å². The van der Waals surface area contributed by atoms with Gasteiger partial charge in [0.05, 0.1) is 5.69 Å². The van der Waals surface area contributed by atoms with Gasteiger partial charge in [-0.25, -0.2) is 0 Å². The SMILES string of the molecule is CNc1c[nH]c(=S)[nH]c1=S. The molecule has 10 heavy (non-hydrogen) atoms. The third-order valence-corrected chi connectivity index (χ3v) is 1.63. The Morgan fingerprint density at radius 2 is 2.20 bits per heavy atom. The van der Waals surface area contributed by atoms with Crippen LogP contribution in [-0.2, 0) is 0 Å². The molecule has 0 aliphatic heterocycles. The van der Waals surface area contributed by atoms with Gasteiger partial charge in [-0.3, -0.25) is 0 Å². The third kappa shape index (κ3) is 1.43. The van der Waals surface area contributed by atoms with Crippen molar-refractivity contribution < 1.29 is 0 Å². The van der Waals surface area contributed by atoms with E-state index in [0.717, 1.165) is 5.69 Å². The normalized spacial score (nSPS) is 9.30. The molecule has 1 heterocycles. The molecule has 5 heteroatoms. The first-order valence-electron chi connectivity index (χ1n) is 2.74. The standard InChI is InChI=1S/C5H7N3S2/c1-6-3-2-7-5(10)8-4(3)9/h2,6H,1H3,(H2,7,8,9,10). The summed E-state index contributed by atoms with van der Waals surface area (Å²) in [6.45, 7) is 0. The molecule has 54 valence electrons. The van der Waals surface area contributed by atoms with Crippen LogP contribution in [0.15, 0.2) is 6.20 Å². The summed E-state index contributed by atoms with van der Waals surface area (Å²) in [5.41, 5.74) is 0.851. The molecule has 0 bridgehead atoms. The second kappa shape index (κ2) is 2.94. The average Bonchev–Trinajstić information content (AvgIpc) is 1.88. The van der Waals surface area contributed by atoms with E-state index in [1.165, 1.54) is 0 Å². The van der Waals surface area contributed by atoms with Gasteiger partial charge in [0.25, 0.3) is 0 Å². The van der Waals surface area contributed by atoms with E-state index in [4.69, 9.17) is 24.4 Å². The van der Waals surface area contributed by atoms with E-state index in [-0.39, 0.29) is 0 Å². The van der Waals surface area contributed by atoms with Gasteiger partial charge in [0.15, 0.2) is 4.77 Å². The summed E-state index contributed by atoms with van der Waals surface area (Å²) in [4.78, 5) is 5.62. The summed E-state index contributed by atoms with van der Waals surface area (Å²) >= 11 is 9.74. The van der Waals surface area contributed by atoms with Crippen molar-refractivity contribution in [3.8, 4) is 0 Å². The van der Waals surface area contributed by atoms with E-state index in [9.17, 15) is 0 Å². The highest BCUT2D eigenvalue weighted by Crippen LogP contribution is 2.02. The third-order valence-electron chi connectivity index (χ3n) is 1.09. The highest BCUT2D eigenvalue weighted by atomic mass is 32.1. The van der Waals surface area contributed by atoms with Gasteiger partial charge in [-0.1, -0.05) is 12.2 Å². The lowest BCUT2D eigenvalue weighted by atomic mass is 10.5. The number of anilines is 1. The lowest BCUT2D eigenvalue weighted by Crippen LogP contribution is -1.92. The molecule has 0 amide bonds. The summed E-state index contributed by atoms with van der Waals surface area (Å²) < 4.78 is 1.18. The Kier molecular flexibility index (Phi) is 2.18. The fourth-order valence-corrected chi connectivity index (χ4v) is 1.08. The lowest BCUT2D eigenvalue weighted by molar-refractivity contribution is 1.12. The van der Waals surface area contributed by atoms with E-state index in [1.54, 1.807) is 13.2 Å². The number of H-pyrrole nitrogens is 2. The first-order chi connectivity index (χ1) is 4.74. The summed E-state index contributed by atoms with van der Waals surface area (Å²) in [6, 6.07) is 0. The maximum absolute atomic E-state index is 4.93. The van der Waals surface area contributed by atoms with Crippen LogP contribution in [0, 0.1) is 9.41 Å². The molecule has 3 N–H and O–H groups in total. The molecule has 3 nitrogen and oxygen atoms in total. The molecule has 0 unspecified atom stereocenters. The van der Waals surface area contributed by atoms with Crippen LogP contribution in [0.2, 0.25) is 0 Å². The molecule has 0 atom stereocenters. The van der Waals surface area contributed by atoms with Crippen molar-refractivity contribution in [2.24, 2.45) is 0 Å². The van der Waals surface area contributed by atoms with Gasteiger partial charge in [-0.2, -0.15) is 0 Å². The maximum Gasteiger partial charge on any atom is 0.175 e. The van der Waals surface area contributed by atoms with Crippen molar-refractivity contribution in [2.75, 3.05) is 12.4 Å². The van der Waals surface area contributed by atoms with Gasteiger partial charge in [0.2, 0.25) is 0 Å². The van der Waals surface area contributed by atoms with Crippen molar-refractivity contribution in [2.45, 2.75) is 0 Å². The van der Waals surface area contributed by atoms with Crippen LogP contribution in [0.5, 0.6) is 0 Å². The molecule has 0 saturated carbocycles. The van der Waals surface area contributed by atoms with Gasteiger partial charge in [-0.05, 0) is 12.2 Å². The molecule has 0 radical (unpaired) electrons. The minimum atomic E-state index is 0.545. The van der Waals surface area contributed by atoms with E-state index in [0.29, 0.717) is 9.41 Å². The van der Waals surface area contributed by atoms with Gasteiger partial charge < -0.3 is 15.3 Å². The van der Waals surface area contributed by atoms with Crippen molar-refractivity contribution in [3.05, 3.63) is 15.6 Å². The molecule has 0 aromatic carbocycles. The predicted molar refractivity (Wildman–Crippen MR) is 46.4 cm³/mol. The largest absolute Gasteiger partial charge is 0.385 e. The average molecular weight is 173 g/mol. The first kappa shape index (κ1) is 7.43. The second-order valence-corrected chi connectivity index (χ2v) is 2.55. The Hall–Kier alpha value is -0.680. The van der Waals surface area contributed by atoms with Crippen LogP contribution in [0.1, 0.15) is 0 Å². The van der Waals surface area contributed by atoms with Crippen molar-refractivity contribution >= 4 is 30.1 Å². The maximum atomic E-state index is 4.93. The van der Waals surface area contributed by atoms with Crippen LogP contribution in [-0.4, -0.2) is 17.0 Å². The first-order valence-corrected chi connectivity index (χ1v) is 3.55. The number of aromatic nitrogens is 2. The van der Waals surface area contributed by atoms with E-state index < -0.39 is 0 Å². The number of hydrogen-bond acceptors (Lipinski definition) is 3. The van der Waals surface area contributed by atoms with Gasteiger partial charge >= 0.3 is 0 Å². The zero-order valence-corrected chi connectivity index (χ0v) is 7.03. The minimum Gasteiger partial charge on any atom is -0.385 e. The van der Waals surface area contributed by atoms with Crippen molar-refractivity contribution in [1.29, 1.82) is 0 Å². The van der Waals surface area contributed by atoms with Crippen LogP contribution in [0.4, 0.5) is 5.69 Å². The molecule has 1 aromatic rings. The van der Waals surface area contributed by atoms with E-state index in [2.05, 4.69) is 15.3 Å². The number of hydrogen-bond donors (Lipinski definition) is 3. The Morgan fingerprint density at radius 3 is 2.70 bits per heavy atom. The lowest BCUT2D eigenvalue weighted by Gasteiger charge is -1.96. The van der Waals surface area contributed by atoms with Crippen molar-refractivity contribution in [3.63, 3.8) is 0 Å². The highest BCUT2D eigenvalue weighted by Gasteiger charge is 1.87. The van der Waals surface area contributed by atoms with Crippen LogP contribution >= 0.6 is 24.4 Å². The fraction of sp³-hybridized carbons (Fsp3) is 0.200. The molecule has 1 rings (SSSR count). The van der Waals surface area contributed by atoms with Crippen molar-refractivity contribution in [1.82, 2.24) is 9.97 Å².